The predicted molar refractivity (Wildman–Crippen MR) is 71.2 cm³/mol. The van der Waals surface area contributed by atoms with E-state index >= 15 is 0 Å². The number of benzene rings is 1. The summed E-state index contributed by atoms with van der Waals surface area (Å²) in [6.07, 6.45) is 2.22. The molecule has 1 atom stereocenters. The van der Waals surface area contributed by atoms with Gasteiger partial charge >= 0.3 is 0 Å². The van der Waals surface area contributed by atoms with Crippen LogP contribution < -0.4 is 5.32 Å². The molecular weight excluding hydrogens is 266 g/mol. The van der Waals surface area contributed by atoms with Gasteiger partial charge in [-0.1, -0.05) is 0 Å². The Morgan fingerprint density at radius 1 is 1.26 bits per heavy atom. The molecule has 2 nitrogen and oxygen atoms in total. The van der Waals surface area contributed by atoms with E-state index < -0.39 is 11.6 Å². The Hall–Kier alpha value is -1.33. The van der Waals surface area contributed by atoms with Gasteiger partial charge in [0.05, 0.1) is 6.04 Å². The number of nitrogens with zero attached hydrogens (tertiary/aromatic N) is 1. The van der Waals surface area contributed by atoms with Gasteiger partial charge in [0.2, 0.25) is 0 Å². The summed E-state index contributed by atoms with van der Waals surface area (Å²) in [6, 6.07) is 3.85. The van der Waals surface area contributed by atoms with Gasteiger partial charge in [-0.05, 0) is 37.5 Å². The van der Waals surface area contributed by atoms with Crippen molar-refractivity contribution in [2.75, 3.05) is 0 Å². The zero-order valence-corrected chi connectivity index (χ0v) is 11.3. The summed E-state index contributed by atoms with van der Waals surface area (Å²) < 4.78 is 26.8. The van der Waals surface area contributed by atoms with Gasteiger partial charge in [-0.25, -0.2) is 13.8 Å². The van der Waals surface area contributed by atoms with E-state index in [9.17, 15) is 8.78 Å². The molecule has 100 valence electrons. The SMILES string of the molecule is Cc1csc(C(NC2CC2)c2cc(F)cc(F)c2)n1. The first-order valence-corrected chi connectivity index (χ1v) is 7.14. The Morgan fingerprint density at radius 2 is 1.95 bits per heavy atom. The number of thiazole rings is 1. The lowest BCUT2D eigenvalue weighted by molar-refractivity contribution is 0.557. The molecular formula is C14H14F2N2S. The highest BCUT2D eigenvalue weighted by Gasteiger charge is 2.28. The van der Waals surface area contributed by atoms with Crippen LogP contribution in [0.3, 0.4) is 0 Å². The van der Waals surface area contributed by atoms with Gasteiger partial charge in [0.1, 0.15) is 16.6 Å². The summed E-state index contributed by atoms with van der Waals surface area (Å²) in [7, 11) is 0. The number of rotatable bonds is 4. The van der Waals surface area contributed by atoms with Crippen molar-refractivity contribution in [1.82, 2.24) is 10.3 Å². The Bertz CT molecular complexity index is 573. The molecule has 1 aromatic heterocycles. The van der Waals surface area contributed by atoms with Crippen molar-refractivity contribution in [1.29, 1.82) is 0 Å². The van der Waals surface area contributed by atoms with Gasteiger partial charge in [0.15, 0.2) is 0 Å². The molecule has 0 saturated heterocycles. The number of aryl methyl sites for hydroxylation is 1. The van der Waals surface area contributed by atoms with Crippen molar-refractivity contribution in [3.8, 4) is 0 Å². The minimum absolute atomic E-state index is 0.226. The first kappa shape index (κ1) is 12.7. The van der Waals surface area contributed by atoms with E-state index in [4.69, 9.17) is 0 Å². The number of halogens is 2. The second-order valence-corrected chi connectivity index (χ2v) is 5.79. The van der Waals surface area contributed by atoms with Gasteiger partial charge < -0.3 is 5.32 Å². The molecule has 1 N–H and O–H groups in total. The average molecular weight is 280 g/mol. The van der Waals surface area contributed by atoms with E-state index in [1.165, 1.54) is 23.5 Å². The van der Waals surface area contributed by atoms with Crippen LogP contribution in [-0.2, 0) is 0 Å². The molecule has 1 heterocycles. The van der Waals surface area contributed by atoms with Crippen LogP contribution in [0, 0.1) is 18.6 Å². The number of nitrogens with one attached hydrogen (secondary N) is 1. The highest BCUT2D eigenvalue weighted by atomic mass is 32.1. The molecule has 0 bridgehead atoms. The van der Waals surface area contributed by atoms with Gasteiger partial charge in [-0.3, -0.25) is 0 Å². The van der Waals surface area contributed by atoms with Gasteiger partial charge in [0, 0.05) is 23.2 Å². The third kappa shape index (κ3) is 2.98. The summed E-state index contributed by atoms with van der Waals surface area (Å²) in [6.45, 7) is 1.92. The van der Waals surface area contributed by atoms with Gasteiger partial charge in [-0.15, -0.1) is 11.3 Å². The molecule has 1 saturated carbocycles. The quantitative estimate of drug-likeness (QED) is 0.926. The Labute approximate surface area is 114 Å². The number of aromatic nitrogens is 1. The zero-order valence-electron chi connectivity index (χ0n) is 10.5. The Kier molecular flexibility index (Phi) is 3.33. The van der Waals surface area contributed by atoms with Crippen molar-refractivity contribution < 1.29 is 8.78 Å². The second-order valence-electron chi connectivity index (χ2n) is 4.90. The minimum atomic E-state index is -0.550. The van der Waals surface area contributed by atoms with Crippen molar-refractivity contribution in [2.45, 2.75) is 31.8 Å². The topological polar surface area (TPSA) is 24.9 Å². The van der Waals surface area contributed by atoms with Crippen LogP contribution in [0.15, 0.2) is 23.6 Å². The van der Waals surface area contributed by atoms with Crippen LogP contribution >= 0.6 is 11.3 Å². The van der Waals surface area contributed by atoms with Crippen molar-refractivity contribution >= 4 is 11.3 Å². The summed E-state index contributed by atoms with van der Waals surface area (Å²) in [5.74, 6) is -1.10. The Balaban J connectivity index is 1.97. The summed E-state index contributed by atoms with van der Waals surface area (Å²) in [5.41, 5.74) is 1.53. The monoisotopic (exact) mass is 280 g/mol. The van der Waals surface area contributed by atoms with Crippen LogP contribution in [0.5, 0.6) is 0 Å². The highest BCUT2D eigenvalue weighted by Crippen LogP contribution is 2.31. The molecule has 1 fully saturated rings. The zero-order chi connectivity index (χ0) is 13.4. The first-order valence-electron chi connectivity index (χ1n) is 6.26. The lowest BCUT2D eigenvalue weighted by Gasteiger charge is -2.17. The molecule has 1 unspecified atom stereocenters. The van der Waals surface area contributed by atoms with Crippen LogP contribution in [0.25, 0.3) is 0 Å². The van der Waals surface area contributed by atoms with E-state index in [1.807, 2.05) is 12.3 Å². The molecule has 1 aliphatic rings. The molecule has 0 aliphatic heterocycles. The lowest BCUT2D eigenvalue weighted by atomic mass is 10.1. The molecule has 1 aromatic carbocycles. The molecule has 0 amide bonds. The predicted octanol–water partition coefficient (Wildman–Crippen LogP) is 3.57. The fraction of sp³-hybridized carbons (Fsp3) is 0.357. The van der Waals surface area contributed by atoms with E-state index in [1.54, 1.807) is 0 Å². The standard InChI is InChI=1S/C14H14F2N2S/c1-8-7-19-14(17-8)13(18-12-2-3-12)9-4-10(15)6-11(16)5-9/h4-7,12-13,18H,2-3H2,1H3. The highest BCUT2D eigenvalue weighted by molar-refractivity contribution is 7.09. The van der Waals surface area contributed by atoms with Crippen LogP contribution in [-0.4, -0.2) is 11.0 Å². The Morgan fingerprint density at radius 3 is 2.47 bits per heavy atom. The first-order chi connectivity index (χ1) is 9.11. The van der Waals surface area contributed by atoms with E-state index in [-0.39, 0.29) is 6.04 Å². The third-order valence-electron chi connectivity index (χ3n) is 3.08. The fourth-order valence-electron chi connectivity index (χ4n) is 2.04. The maximum absolute atomic E-state index is 13.4. The minimum Gasteiger partial charge on any atom is -0.301 e. The lowest BCUT2D eigenvalue weighted by Crippen LogP contribution is -2.24. The van der Waals surface area contributed by atoms with Crippen LogP contribution in [0.2, 0.25) is 0 Å². The number of hydrogen-bond acceptors (Lipinski definition) is 3. The van der Waals surface area contributed by atoms with Crippen molar-refractivity contribution in [2.24, 2.45) is 0 Å². The molecule has 0 radical (unpaired) electrons. The molecule has 2 aromatic rings. The average Bonchev–Trinajstić information content (AvgIpc) is 3.06. The maximum atomic E-state index is 13.4. The van der Waals surface area contributed by atoms with Crippen molar-refractivity contribution in [3.05, 3.63) is 51.5 Å². The van der Waals surface area contributed by atoms with E-state index in [2.05, 4.69) is 10.3 Å². The largest absolute Gasteiger partial charge is 0.301 e. The fourth-order valence-corrected chi connectivity index (χ4v) is 2.92. The summed E-state index contributed by atoms with van der Waals surface area (Å²) in [5, 5.41) is 6.21. The smallest absolute Gasteiger partial charge is 0.126 e. The normalized spacial score (nSPS) is 16.6. The van der Waals surface area contributed by atoms with Gasteiger partial charge in [-0.2, -0.15) is 0 Å². The maximum Gasteiger partial charge on any atom is 0.126 e. The van der Waals surface area contributed by atoms with Crippen LogP contribution in [0.1, 0.15) is 35.1 Å². The van der Waals surface area contributed by atoms with Gasteiger partial charge in [0.25, 0.3) is 0 Å². The van der Waals surface area contributed by atoms with E-state index in [0.717, 1.165) is 29.6 Å². The summed E-state index contributed by atoms with van der Waals surface area (Å²) in [4.78, 5) is 4.44. The van der Waals surface area contributed by atoms with E-state index in [0.29, 0.717) is 11.6 Å². The third-order valence-corrected chi connectivity index (χ3v) is 4.11. The molecule has 5 heteroatoms. The van der Waals surface area contributed by atoms with Crippen LogP contribution in [0.4, 0.5) is 8.78 Å². The molecule has 0 spiro atoms. The number of hydrogen-bond donors (Lipinski definition) is 1. The second kappa shape index (κ2) is 4.98. The summed E-state index contributed by atoms with van der Waals surface area (Å²) >= 11 is 1.52. The van der Waals surface area contributed by atoms with Crippen molar-refractivity contribution in [3.63, 3.8) is 0 Å². The molecule has 19 heavy (non-hydrogen) atoms. The molecule has 1 aliphatic carbocycles. The molecule has 3 rings (SSSR count).